The number of carboxylic acid groups (broad SMARTS) is 2. The van der Waals surface area contributed by atoms with Crippen LogP contribution in [0.1, 0.15) is 37.8 Å². The number of benzene rings is 3. The molecule has 0 spiro atoms. The van der Waals surface area contributed by atoms with Gasteiger partial charge in [0.2, 0.25) is 0 Å². The van der Waals surface area contributed by atoms with Gasteiger partial charge < -0.3 is 14.9 Å². The first-order chi connectivity index (χ1) is 14.2. The van der Waals surface area contributed by atoms with Gasteiger partial charge in [-0.2, -0.15) is 13.2 Å². The molecule has 0 aliphatic rings. The summed E-state index contributed by atoms with van der Waals surface area (Å²) in [6.45, 7) is 0. The van der Waals surface area contributed by atoms with Crippen molar-refractivity contribution >= 4 is 11.9 Å². The van der Waals surface area contributed by atoms with Crippen molar-refractivity contribution in [2.24, 2.45) is 0 Å². The Balaban J connectivity index is 1.88. The number of carboxylic acids is 2. The molecule has 1 atom stereocenters. The lowest BCUT2D eigenvalue weighted by atomic mass is 9.91. The molecule has 3 aromatic carbocycles. The van der Waals surface area contributed by atoms with E-state index < -0.39 is 35.2 Å². The lowest BCUT2D eigenvalue weighted by Crippen LogP contribution is -2.21. The molecule has 0 aliphatic carbocycles. The van der Waals surface area contributed by atoms with Crippen LogP contribution in [0.25, 0.3) is 0 Å². The standard InChI is InChI=1S/C22H15F3O5/c23-22(24,25)19(13-4-2-1-3-5-13)14-6-8-15(9-7-14)30-16-10-11-17(20(26)27)18(12-16)21(28)29/h1-12,19H,(H,26,27)(H,28,29). The van der Waals surface area contributed by atoms with Crippen LogP contribution in [0.5, 0.6) is 11.5 Å². The molecule has 0 radical (unpaired) electrons. The monoisotopic (exact) mass is 416 g/mol. The van der Waals surface area contributed by atoms with Crippen molar-refractivity contribution in [2.75, 3.05) is 0 Å². The van der Waals surface area contributed by atoms with E-state index in [-0.39, 0.29) is 22.6 Å². The first-order valence-electron chi connectivity index (χ1n) is 8.67. The van der Waals surface area contributed by atoms with Gasteiger partial charge in [-0.15, -0.1) is 0 Å². The fourth-order valence-corrected chi connectivity index (χ4v) is 3.03. The predicted octanol–water partition coefficient (Wildman–Crippen LogP) is 5.57. The minimum absolute atomic E-state index is 0.0218. The zero-order valence-electron chi connectivity index (χ0n) is 15.3. The molecule has 0 amide bonds. The van der Waals surface area contributed by atoms with Gasteiger partial charge in [-0.1, -0.05) is 42.5 Å². The first kappa shape index (κ1) is 20.9. The SMILES string of the molecule is O=C(O)c1ccc(Oc2ccc(C(c3ccccc3)C(F)(F)F)cc2)cc1C(=O)O. The first-order valence-corrected chi connectivity index (χ1v) is 8.67. The van der Waals surface area contributed by atoms with Gasteiger partial charge in [-0.25, -0.2) is 9.59 Å². The molecule has 0 aromatic heterocycles. The van der Waals surface area contributed by atoms with Crippen molar-refractivity contribution in [3.63, 3.8) is 0 Å². The number of ether oxygens (including phenoxy) is 1. The van der Waals surface area contributed by atoms with E-state index in [1.54, 1.807) is 6.07 Å². The Morgan fingerprint density at radius 2 is 1.27 bits per heavy atom. The maximum absolute atomic E-state index is 13.6. The van der Waals surface area contributed by atoms with E-state index in [2.05, 4.69) is 0 Å². The van der Waals surface area contributed by atoms with Crippen LogP contribution in [-0.4, -0.2) is 28.3 Å². The molecule has 154 valence electrons. The second-order valence-electron chi connectivity index (χ2n) is 6.37. The van der Waals surface area contributed by atoms with Gasteiger partial charge in [0.25, 0.3) is 0 Å². The molecular weight excluding hydrogens is 401 g/mol. The highest BCUT2D eigenvalue weighted by Gasteiger charge is 2.41. The fraction of sp³-hybridized carbons (Fsp3) is 0.0909. The molecule has 8 heteroatoms. The van der Waals surface area contributed by atoms with Crippen molar-refractivity contribution in [1.82, 2.24) is 0 Å². The Bertz CT molecular complexity index is 1060. The minimum Gasteiger partial charge on any atom is -0.478 e. The van der Waals surface area contributed by atoms with Gasteiger partial charge in [0.15, 0.2) is 0 Å². The highest BCUT2D eigenvalue weighted by atomic mass is 19.4. The summed E-state index contributed by atoms with van der Waals surface area (Å²) < 4.78 is 46.4. The van der Waals surface area contributed by atoms with E-state index in [0.717, 1.165) is 12.1 Å². The van der Waals surface area contributed by atoms with Crippen LogP contribution < -0.4 is 4.74 Å². The normalized spacial score (nSPS) is 12.2. The third-order valence-corrected chi connectivity index (χ3v) is 4.36. The maximum Gasteiger partial charge on any atom is 0.399 e. The zero-order chi connectivity index (χ0) is 21.9. The Hall–Kier alpha value is -3.81. The predicted molar refractivity (Wildman–Crippen MR) is 101 cm³/mol. The molecule has 2 N–H and O–H groups in total. The molecule has 3 aromatic rings. The molecule has 5 nitrogen and oxygen atoms in total. The molecule has 3 rings (SSSR count). The summed E-state index contributed by atoms with van der Waals surface area (Å²) in [6.07, 6.45) is -4.49. The van der Waals surface area contributed by atoms with Crippen LogP contribution in [0.15, 0.2) is 72.8 Å². The summed E-state index contributed by atoms with van der Waals surface area (Å²) in [7, 11) is 0. The van der Waals surface area contributed by atoms with Crippen molar-refractivity contribution in [3.8, 4) is 11.5 Å². The topological polar surface area (TPSA) is 83.8 Å². The summed E-state index contributed by atoms with van der Waals surface area (Å²) in [5, 5.41) is 18.2. The highest BCUT2D eigenvalue weighted by molar-refractivity contribution is 6.02. The lowest BCUT2D eigenvalue weighted by Gasteiger charge is -2.21. The summed E-state index contributed by atoms with van der Waals surface area (Å²) in [6, 6.07) is 16.1. The number of aromatic carboxylic acids is 2. The summed E-state index contributed by atoms with van der Waals surface area (Å²) >= 11 is 0. The van der Waals surface area contributed by atoms with E-state index in [1.165, 1.54) is 54.6 Å². The molecule has 0 saturated carbocycles. The van der Waals surface area contributed by atoms with Gasteiger partial charge >= 0.3 is 18.1 Å². The van der Waals surface area contributed by atoms with E-state index in [4.69, 9.17) is 14.9 Å². The van der Waals surface area contributed by atoms with E-state index in [0.29, 0.717) is 0 Å². The third kappa shape index (κ3) is 4.60. The zero-order valence-corrected chi connectivity index (χ0v) is 15.3. The largest absolute Gasteiger partial charge is 0.478 e. The molecule has 30 heavy (non-hydrogen) atoms. The van der Waals surface area contributed by atoms with Crippen LogP contribution in [0, 0.1) is 0 Å². The third-order valence-electron chi connectivity index (χ3n) is 4.36. The summed E-state index contributed by atoms with van der Waals surface area (Å²) in [5.74, 6) is -4.43. The number of rotatable bonds is 6. The molecule has 0 bridgehead atoms. The van der Waals surface area contributed by atoms with Gasteiger partial charge in [0.05, 0.1) is 11.1 Å². The number of hydrogen-bond acceptors (Lipinski definition) is 3. The molecule has 0 aliphatic heterocycles. The molecule has 1 unspecified atom stereocenters. The highest BCUT2D eigenvalue weighted by Crippen LogP contribution is 2.40. The van der Waals surface area contributed by atoms with Crippen LogP contribution in [0.3, 0.4) is 0 Å². The molecule has 0 fully saturated rings. The molecule has 0 saturated heterocycles. The maximum atomic E-state index is 13.6. The van der Waals surface area contributed by atoms with E-state index in [9.17, 15) is 22.8 Å². The van der Waals surface area contributed by atoms with E-state index in [1.807, 2.05) is 0 Å². The van der Waals surface area contributed by atoms with Crippen molar-refractivity contribution < 1.29 is 37.7 Å². The number of carbonyl (C=O) groups is 2. The smallest absolute Gasteiger partial charge is 0.399 e. The Morgan fingerprint density at radius 1 is 0.733 bits per heavy atom. The average Bonchev–Trinajstić information content (AvgIpc) is 2.69. The van der Waals surface area contributed by atoms with Crippen molar-refractivity contribution in [2.45, 2.75) is 12.1 Å². The second kappa shape index (κ2) is 8.28. The van der Waals surface area contributed by atoms with Gasteiger partial charge in [-0.05, 0) is 41.5 Å². The Morgan fingerprint density at radius 3 is 1.80 bits per heavy atom. The summed E-state index contributed by atoms with van der Waals surface area (Å²) in [4.78, 5) is 22.4. The fourth-order valence-electron chi connectivity index (χ4n) is 3.03. The lowest BCUT2D eigenvalue weighted by molar-refractivity contribution is -0.141. The number of alkyl halides is 3. The average molecular weight is 416 g/mol. The number of hydrogen-bond donors (Lipinski definition) is 2. The van der Waals surface area contributed by atoms with Crippen LogP contribution in [-0.2, 0) is 0 Å². The minimum atomic E-state index is -4.49. The quantitative estimate of drug-likeness (QED) is 0.549. The molecular formula is C22H15F3O5. The Labute approximate surface area is 169 Å². The summed E-state index contributed by atoms with van der Waals surface area (Å²) in [5.41, 5.74) is -0.735. The van der Waals surface area contributed by atoms with Gasteiger partial charge in [0, 0.05) is 0 Å². The molecule has 0 heterocycles. The van der Waals surface area contributed by atoms with Crippen molar-refractivity contribution in [1.29, 1.82) is 0 Å². The van der Waals surface area contributed by atoms with Crippen molar-refractivity contribution in [3.05, 3.63) is 95.1 Å². The number of halogens is 3. The van der Waals surface area contributed by atoms with E-state index >= 15 is 0 Å². The van der Waals surface area contributed by atoms with Crippen LogP contribution in [0.2, 0.25) is 0 Å². The van der Waals surface area contributed by atoms with Crippen LogP contribution >= 0.6 is 0 Å². The van der Waals surface area contributed by atoms with Gasteiger partial charge in [0.1, 0.15) is 17.4 Å². The Kier molecular flexibility index (Phi) is 5.77. The van der Waals surface area contributed by atoms with Gasteiger partial charge in [-0.3, -0.25) is 0 Å². The second-order valence-corrected chi connectivity index (χ2v) is 6.37. The van der Waals surface area contributed by atoms with Crippen LogP contribution in [0.4, 0.5) is 13.2 Å².